The van der Waals surface area contributed by atoms with E-state index in [2.05, 4.69) is 49.9 Å². The van der Waals surface area contributed by atoms with Crippen LogP contribution in [-0.2, 0) is 11.3 Å². The molecule has 1 aromatic carbocycles. The zero-order valence-electron chi connectivity index (χ0n) is 15.1. The lowest BCUT2D eigenvalue weighted by molar-refractivity contribution is -0.0593. The molecule has 0 heterocycles. The number of benzene rings is 1. The van der Waals surface area contributed by atoms with Gasteiger partial charge in [-0.3, -0.25) is 4.90 Å². The van der Waals surface area contributed by atoms with Crippen LogP contribution in [0.1, 0.15) is 52.2 Å². The van der Waals surface area contributed by atoms with Crippen LogP contribution in [0.4, 0.5) is 0 Å². The van der Waals surface area contributed by atoms with Gasteiger partial charge in [-0.1, -0.05) is 36.8 Å². The smallest absolute Gasteiger partial charge is 0.0900 e. The highest BCUT2D eigenvalue weighted by atomic mass is 16.5. The summed E-state index contributed by atoms with van der Waals surface area (Å²) in [5.74, 6) is 0. The van der Waals surface area contributed by atoms with Gasteiger partial charge in [0.25, 0.3) is 0 Å². The maximum atomic E-state index is 10.3. The third-order valence-electron chi connectivity index (χ3n) is 3.84. The summed E-state index contributed by atoms with van der Waals surface area (Å²) in [6.45, 7) is 14.4. The van der Waals surface area contributed by atoms with E-state index in [1.165, 1.54) is 11.1 Å². The first-order valence-corrected chi connectivity index (χ1v) is 8.33. The topological polar surface area (TPSA) is 32.7 Å². The first-order valence-electron chi connectivity index (χ1n) is 8.33. The van der Waals surface area contributed by atoms with Crippen molar-refractivity contribution in [3.63, 3.8) is 0 Å². The van der Waals surface area contributed by atoms with Crippen LogP contribution in [0.5, 0.6) is 0 Å². The molecule has 0 amide bonds. The molecule has 0 aromatic heterocycles. The van der Waals surface area contributed by atoms with E-state index < -0.39 is 6.10 Å². The summed E-state index contributed by atoms with van der Waals surface area (Å²) in [6.07, 6.45) is 0.608. The van der Waals surface area contributed by atoms with Gasteiger partial charge >= 0.3 is 0 Å². The molecule has 0 aliphatic rings. The number of hydrogen-bond acceptors (Lipinski definition) is 3. The average Bonchev–Trinajstić information content (AvgIpc) is 2.43. The van der Waals surface area contributed by atoms with Crippen LogP contribution < -0.4 is 0 Å². The van der Waals surface area contributed by atoms with Gasteiger partial charge < -0.3 is 9.84 Å². The SMILES string of the molecule is CC[C@H](C)N(Cc1cccc(C)c1)C[C@@H](O)COC(C)(C)C. The number of ether oxygens (including phenoxy) is 1. The van der Waals surface area contributed by atoms with Gasteiger partial charge in [-0.25, -0.2) is 0 Å². The van der Waals surface area contributed by atoms with E-state index in [9.17, 15) is 5.11 Å². The quantitative estimate of drug-likeness (QED) is 0.793. The predicted molar refractivity (Wildman–Crippen MR) is 93.1 cm³/mol. The lowest BCUT2D eigenvalue weighted by Gasteiger charge is -2.31. The minimum absolute atomic E-state index is 0.210. The summed E-state index contributed by atoms with van der Waals surface area (Å²) in [6, 6.07) is 9.01. The molecule has 3 nitrogen and oxygen atoms in total. The molecule has 2 atom stereocenters. The molecule has 0 saturated carbocycles. The summed E-state index contributed by atoms with van der Waals surface area (Å²) in [5.41, 5.74) is 2.36. The molecule has 0 unspecified atom stereocenters. The fourth-order valence-corrected chi connectivity index (χ4v) is 2.37. The van der Waals surface area contributed by atoms with Crippen molar-refractivity contribution in [2.75, 3.05) is 13.2 Å². The summed E-state index contributed by atoms with van der Waals surface area (Å²) < 4.78 is 5.70. The molecule has 1 rings (SSSR count). The molecule has 22 heavy (non-hydrogen) atoms. The molecule has 0 radical (unpaired) electrons. The van der Waals surface area contributed by atoms with Crippen molar-refractivity contribution in [2.45, 2.75) is 72.3 Å². The summed E-state index contributed by atoms with van der Waals surface area (Å²) in [4.78, 5) is 2.34. The van der Waals surface area contributed by atoms with Gasteiger partial charge in [-0.2, -0.15) is 0 Å². The normalized spacial score (nSPS) is 15.1. The first kappa shape index (κ1) is 19.1. The van der Waals surface area contributed by atoms with Crippen molar-refractivity contribution in [1.82, 2.24) is 4.90 Å². The van der Waals surface area contributed by atoms with Crippen LogP contribution in [0.15, 0.2) is 24.3 Å². The predicted octanol–water partition coefficient (Wildman–Crippen LogP) is 3.77. The van der Waals surface area contributed by atoms with Gasteiger partial charge in [0.15, 0.2) is 0 Å². The van der Waals surface area contributed by atoms with Crippen LogP contribution in [0.2, 0.25) is 0 Å². The molecule has 0 fully saturated rings. The number of nitrogens with zero attached hydrogens (tertiary/aromatic N) is 1. The Kier molecular flexibility index (Phi) is 7.54. The van der Waals surface area contributed by atoms with Gasteiger partial charge in [-0.05, 0) is 46.6 Å². The summed E-state index contributed by atoms with van der Waals surface area (Å²) >= 11 is 0. The van der Waals surface area contributed by atoms with E-state index in [1.807, 2.05) is 20.8 Å². The number of aliphatic hydroxyl groups is 1. The highest BCUT2D eigenvalue weighted by Crippen LogP contribution is 2.14. The van der Waals surface area contributed by atoms with Gasteiger partial charge in [0, 0.05) is 19.1 Å². The number of aliphatic hydroxyl groups excluding tert-OH is 1. The number of aryl methyl sites for hydroxylation is 1. The molecule has 0 saturated heterocycles. The van der Waals surface area contributed by atoms with Crippen molar-refractivity contribution in [3.8, 4) is 0 Å². The maximum Gasteiger partial charge on any atom is 0.0900 e. The Hall–Kier alpha value is -0.900. The molecule has 0 spiro atoms. The maximum absolute atomic E-state index is 10.3. The zero-order chi connectivity index (χ0) is 16.8. The molecule has 1 N–H and O–H groups in total. The number of rotatable bonds is 8. The molecular weight excluding hydrogens is 274 g/mol. The highest BCUT2D eigenvalue weighted by Gasteiger charge is 2.19. The fourth-order valence-electron chi connectivity index (χ4n) is 2.37. The van der Waals surface area contributed by atoms with Gasteiger partial charge in [0.1, 0.15) is 0 Å². The van der Waals surface area contributed by atoms with E-state index in [4.69, 9.17) is 4.74 Å². The molecule has 126 valence electrons. The Bertz CT molecular complexity index is 439. The van der Waals surface area contributed by atoms with E-state index in [0.717, 1.165) is 13.0 Å². The van der Waals surface area contributed by atoms with Crippen LogP contribution in [0.3, 0.4) is 0 Å². The second-order valence-corrected chi connectivity index (χ2v) is 7.25. The monoisotopic (exact) mass is 307 g/mol. The van der Waals surface area contributed by atoms with E-state index >= 15 is 0 Å². The molecule has 1 aromatic rings. The van der Waals surface area contributed by atoms with Gasteiger partial charge in [0.05, 0.1) is 18.3 Å². The van der Waals surface area contributed by atoms with Crippen molar-refractivity contribution in [3.05, 3.63) is 35.4 Å². The second-order valence-electron chi connectivity index (χ2n) is 7.25. The third-order valence-corrected chi connectivity index (χ3v) is 3.84. The van der Waals surface area contributed by atoms with Crippen LogP contribution >= 0.6 is 0 Å². The molecule has 3 heteroatoms. The Labute approximate surface area is 136 Å². The molecule has 0 bridgehead atoms. The fraction of sp³-hybridized carbons (Fsp3) is 0.684. The minimum atomic E-state index is -0.460. The molecule has 0 aliphatic carbocycles. The van der Waals surface area contributed by atoms with E-state index in [1.54, 1.807) is 0 Å². The number of hydrogen-bond donors (Lipinski definition) is 1. The first-order chi connectivity index (χ1) is 10.2. The Morgan fingerprint density at radius 2 is 1.95 bits per heavy atom. The van der Waals surface area contributed by atoms with Crippen molar-refractivity contribution in [2.24, 2.45) is 0 Å². The van der Waals surface area contributed by atoms with Crippen LogP contribution in [0.25, 0.3) is 0 Å². The average molecular weight is 307 g/mol. The minimum Gasteiger partial charge on any atom is -0.389 e. The lowest BCUT2D eigenvalue weighted by atomic mass is 10.1. The third kappa shape index (κ3) is 7.39. The summed E-state index contributed by atoms with van der Waals surface area (Å²) in [5, 5.41) is 10.3. The lowest BCUT2D eigenvalue weighted by Crippen LogP contribution is -2.41. The standard InChI is InChI=1S/C19H33NO2/c1-7-16(3)20(12-17-10-8-9-15(2)11-17)13-18(21)14-22-19(4,5)6/h8-11,16,18,21H,7,12-14H2,1-6H3/t16-,18+/m0/s1. The zero-order valence-corrected chi connectivity index (χ0v) is 15.1. The van der Waals surface area contributed by atoms with E-state index in [0.29, 0.717) is 19.2 Å². The largest absolute Gasteiger partial charge is 0.389 e. The molecule has 0 aliphatic heterocycles. The summed E-state index contributed by atoms with van der Waals surface area (Å²) in [7, 11) is 0. The second kappa shape index (κ2) is 8.66. The van der Waals surface area contributed by atoms with Crippen LogP contribution in [0, 0.1) is 6.92 Å². The van der Waals surface area contributed by atoms with E-state index in [-0.39, 0.29) is 5.60 Å². The van der Waals surface area contributed by atoms with Crippen molar-refractivity contribution in [1.29, 1.82) is 0 Å². The Balaban J connectivity index is 2.64. The Morgan fingerprint density at radius 1 is 1.27 bits per heavy atom. The molecular formula is C19H33NO2. The Morgan fingerprint density at radius 3 is 2.50 bits per heavy atom. The van der Waals surface area contributed by atoms with Gasteiger partial charge in [0.2, 0.25) is 0 Å². The van der Waals surface area contributed by atoms with Crippen molar-refractivity contribution >= 4 is 0 Å². The van der Waals surface area contributed by atoms with Crippen LogP contribution in [-0.4, -0.2) is 40.9 Å². The van der Waals surface area contributed by atoms with Gasteiger partial charge in [-0.15, -0.1) is 0 Å². The highest BCUT2D eigenvalue weighted by molar-refractivity contribution is 5.22. The van der Waals surface area contributed by atoms with Crippen molar-refractivity contribution < 1.29 is 9.84 Å².